The minimum atomic E-state index is -3.12. The van der Waals surface area contributed by atoms with Crippen molar-refractivity contribution < 1.29 is 13.5 Å². The smallest absolute Gasteiger partial charge is 0.211 e. The van der Waals surface area contributed by atoms with E-state index in [1.54, 1.807) is 6.92 Å². The third kappa shape index (κ3) is 1.97. The summed E-state index contributed by atoms with van der Waals surface area (Å²) in [5.41, 5.74) is 0. The first-order chi connectivity index (χ1) is 5.43. The standard InChI is InChI=1S/C7H15NO3S/c1-6(9)7-4-3-5-8(7)12(2,10)11/h6-7,9H,3-5H2,1-2H3. The predicted molar refractivity (Wildman–Crippen MR) is 46.3 cm³/mol. The third-order valence-electron chi connectivity index (χ3n) is 2.23. The molecule has 1 N–H and O–H groups in total. The average Bonchev–Trinajstić information content (AvgIpc) is 2.30. The van der Waals surface area contributed by atoms with Gasteiger partial charge in [-0.3, -0.25) is 0 Å². The monoisotopic (exact) mass is 193 g/mol. The molecule has 0 aromatic rings. The molecule has 0 aromatic heterocycles. The molecule has 0 radical (unpaired) electrons. The summed E-state index contributed by atoms with van der Waals surface area (Å²) in [6, 6.07) is -0.208. The second kappa shape index (κ2) is 3.32. The lowest BCUT2D eigenvalue weighted by Crippen LogP contribution is -2.40. The molecule has 1 fully saturated rings. The van der Waals surface area contributed by atoms with Crippen molar-refractivity contribution in [3.8, 4) is 0 Å². The molecule has 1 saturated heterocycles. The highest BCUT2D eigenvalue weighted by Crippen LogP contribution is 2.22. The topological polar surface area (TPSA) is 57.6 Å². The molecule has 2 unspecified atom stereocenters. The van der Waals surface area contributed by atoms with Crippen LogP contribution in [0.25, 0.3) is 0 Å². The molecule has 5 heteroatoms. The Morgan fingerprint density at radius 3 is 2.50 bits per heavy atom. The maximum Gasteiger partial charge on any atom is 0.211 e. The van der Waals surface area contributed by atoms with E-state index in [0.717, 1.165) is 12.8 Å². The SMILES string of the molecule is CC(O)C1CCCN1S(C)(=O)=O. The Kier molecular flexibility index (Phi) is 2.75. The van der Waals surface area contributed by atoms with Crippen LogP contribution in [-0.2, 0) is 10.0 Å². The molecule has 2 atom stereocenters. The van der Waals surface area contributed by atoms with Crippen LogP contribution in [0.15, 0.2) is 0 Å². The second-order valence-corrected chi connectivity index (χ2v) is 5.26. The van der Waals surface area contributed by atoms with Crippen LogP contribution >= 0.6 is 0 Å². The van der Waals surface area contributed by atoms with Crippen LogP contribution in [0.1, 0.15) is 19.8 Å². The van der Waals surface area contributed by atoms with Crippen LogP contribution < -0.4 is 0 Å². The van der Waals surface area contributed by atoms with Crippen LogP contribution in [0.2, 0.25) is 0 Å². The van der Waals surface area contributed by atoms with Gasteiger partial charge in [0.2, 0.25) is 10.0 Å². The second-order valence-electron chi connectivity index (χ2n) is 3.32. The summed E-state index contributed by atoms with van der Waals surface area (Å²) in [5.74, 6) is 0. The maximum absolute atomic E-state index is 11.2. The van der Waals surface area contributed by atoms with E-state index in [9.17, 15) is 13.5 Å². The molecule has 12 heavy (non-hydrogen) atoms. The molecular weight excluding hydrogens is 178 g/mol. The highest BCUT2D eigenvalue weighted by molar-refractivity contribution is 7.88. The largest absolute Gasteiger partial charge is 0.392 e. The van der Waals surface area contributed by atoms with Gasteiger partial charge in [0.25, 0.3) is 0 Å². The summed E-state index contributed by atoms with van der Waals surface area (Å²) in [7, 11) is -3.12. The van der Waals surface area contributed by atoms with Gasteiger partial charge in [-0.15, -0.1) is 0 Å². The number of aliphatic hydroxyl groups excluding tert-OH is 1. The molecule has 4 nitrogen and oxygen atoms in total. The van der Waals surface area contributed by atoms with Gasteiger partial charge in [0.15, 0.2) is 0 Å². The Morgan fingerprint density at radius 2 is 2.17 bits per heavy atom. The van der Waals surface area contributed by atoms with Gasteiger partial charge in [0.05, 0.1) is 18.4 Å². The zero-order valence-electron chi connectivity index (χ0n) is 7.40. The molecule has 1 rings (SSSR count). The molecular formula is C7H15NO3S. The van der Waals surface area contributed by atoms with Crippen molar-refractivity contribution >= 4 is 10.0 Å². The highest BCUT2D eigenvalue weighted by Gasteiger charge is 2.33. The van der Waals surface area contributed by atoms with Crippen molar-refractivity contribution in [3.63, 3.8) is 0 Å². The Hall–Kier alpha value is -0.130. The van der Waals surface area contributed by atoms with Crippen molar-refractivity contribution in [1.29, 1.82) is 0 Å². The predicted octanol–water partition coefficient (Wildman–Crippen LogP) is -0.209. The summed E-state index contributed by atoms with van der Waals surface area (Å²) in [5, 5.41) is 9.28. The summed E-state index contributed by atoms with van der Waals surface area (Å²) in [4.78, 5) is 0. The van der Waals surface area contributed by atoms with Gasteiger partial charge in [-0.2, -0.15) is 4.31 Å². The number of hydrogen-bond donors (Lipinski definition) is 1. The van der Waals surface area contributed by atoms with E-state index in [2.05, 4.69) is 0 Å². The van der Waals surface area contributed by atoms with Crippen LogP contribution in [0, 0.1) is 0 Å². The molecule has 0 saturated carbocycles. The number of rotatable bonds is 2. The van der Waals surface area contributed by atoms with Crippen molar-refractivity contribution in [1.82, 2.24) is 4.31 Å². The van der Waals surface area contributed by atoms with Gasteiger partial charge in [-0.1, -0.05) is 0 Å². The number of sulfonamides is 1. The maximum atomic E-state index is 11.2. The quantitative estimate of drug-likeness (QED) is 0.660. The molecule has 0 bridgehead atoms. The van der Waals surface area contributed by atoms with Crippen LogP contribution in [0.5, 0.6) is 0 Å². The van der Waals surface area contributed by atoms with Crippen LogP contribution in [0.3, 0.4) is 0 Å². The van der Waals surface area contributed by atoms with Crippen LogP contribution in [-0.4, -0.2) is 42.8 Å². The van der Waals surface area contributed by atoms with Crippen molar-refractivity contribution in [3.05, 3.63) is 0 Å². The van der Waals surface area contributed by atoms with E-state index in [-0.39, 0.29) is 6.04 Å². The van der Waals surface area contributed by atoms with E-state index >= 15 is 0 Å². The summed E-state index contributed by atoms with van der Waals surface area (Å²) in [6.45, 7) is 2.18. The normalized spacial score (nSPS) is 29.1. The number of aliphatic hydroxyl groups is 1. The minimum absolute atomic E-state index is 0.208. The fraction of sp³-hybridized carbons (Fsp3) is 1.00. The van der Waals surface area contributed by atoms with Gasteiger partial charge in [0.1, 0.15) is 0 Å². The molecule has 1 aliphatic heterocycles. The fourth-order valence-electron chi connectivity index (χ4n) is 1.66. The minimum Gasteiger partial charge on any atom is -0.392 e. The summed E-state index contributed by atoms with van der Waals surface area (Å²) >= 11 is 0. The van der Waals surface area contributed by atoms with Gasteiger partial charge < -0.3 is 5.11 Å². The molecule has 0 spiro atoms. The van der Waals surface area contributed by atoms with E-state index in [1.807, 2.05) is 0 Å². The number of hydrogen-bond acceptors (Lipinski definition) is 3. The van der Waals surface area contributed by atoms with Crippen molar-refractivity contribution in [2.45, 2.75) is 31.9 Å². The zero-order valence-corrected chi connectivity index (χ0v) is 8.21. The lowest BCUT2D eigenvalue weighted by atomic mass is 10.1. The summed E-state index contributed by atoms with van der Waals surface area (Å²) in [6.07, 6.45) is 2.24. The first-order valence-electron chi connectivity index (χ1n) is 4.08. The average molecular weight is 193 g/mol. The van der Waals surface area contributed by atoms with E-state index < -0.39 is 16.1 Å². The molecule has 0 amide bonds. The molecule has 0 aromatic carbocycles. The lowest BCUT2D eigenvalue weighted by molar-refractivity contribution is 0.123. The summed E-state index contributed by atoms with van der Waals surface area (Å²) < 4.78 is 23.7. The van der Waals surface area contributed by atoms with E-state index in [4.69, 9.17) is 0 Å². The van der Waals surface area contributed by atoms with Gasteiger partial charge in [0, 0.05) is 6.54 Å². The molecule has 72 valence electrons. The Morgan fingerprint density at radius 1 is 1.58 bits per heavy atom. The highest BCUT2D eigenvalue weighted by atomic mass is 32.2. The zero-order chi connectivity index (χ0) is 9.35. The third-order valence-corrected chi connectivity index (χ3v) is 3.54. The van der Waals surface area contributed by atoms with Gasteiger partial charge >= 0.3 is 0 Å². The molecule has 0 aliphatic carbocycles. The first-order valence-corrected chi connectivity index (χ1v) is 5.92. The fourth-order valence-corrected chi connectivity index (χ4v) is 2.89. The Labute approximate surface area is 73.2 Å². The van der Waals surface area contributed by atoms with E-state index in [0.29, 0.717) is 6.54 Å². The van der Waals surface area contributed by atoms with Crippen molar-refractivity contribution in [2.75, 3.05) is 12.8 Å². The van der Waals surface area contributed by atoms with Gasteiger partial charge in [-0.05, 0) is 19.8 Å². The molecule has 1 heterocycles. The lowest BCUT2D eigenvalue weighted by Gasteiger charge is -2.24. The number of nitrogens with zero attached hydrogens (tertiary/aromatic N) is 1. The van der Waals surface area contributed by atoms with Crippen molar-refractivity contribution in [2.24, 2.45) is 0 Å². The van der Waals surface area contributed by atoms with Gasteiger partial charge in [-0.25, -0.2) is 8.42 Å². The Bertz CT molecular complexity index is 247. The first kappa shape index (κ1) is 9.95. The molecule has 1 aliphatic rings. The van der Waals surface area contributed by atoms with E-state index in [1.165, 1.54) is 10.6 Å². The van der Waals surface area contributed by atoms with Crippen LogP contribution in [0.4, 0.5) is 0 Å². The Balaban J connectivity index is 2.78.